The highest BCUT2D eigenvalue weighted by Crippen LogP contribution is 2.36. The van der Waals surface area contributed by atoms with Gasteiger partial charge in [-0.05, 0) is 24.3 Å². The zero-order chi connectivity index (χ0) is 20.8. The van der Waals surface area contributed by atoms with Gasteiger partial charge in [0, 0.05) is 23.4 Å². The molecular formula is C17H10F6N2O2S. The Morgan fingerprint density at radius 2 is 1.54 bits per heavy atom. The maximum atomic E-state index is 14.5. The molecular weight excluding hydrogens is 410 g/mol. The standard InChI is InChI=1S/C17H10F6N2O2S/c1-28(26,27)13-6-11(20)10(5-12(13)21)15-14(24-17(25-15)16(22)23)7-2-8(18)4-9(19)3-7/h2-6,16H,1H3,(H,24,25). The van der Waals surface area contributed by atoms with Gasteiger partial charge < -0.3 is 4.98 Å². The molecule has 0 amide bonds. The van der Waals surface area contributed by atoms with Crippen molar-refractivity contribution in [3.05, 3.63) is 59.4 Å². The van der Waals surface area contributed by atoms with Crippen LogP contribution in [0.25, 0.3) is 22.5 Å². The number of hydrogen-bond acceptors (Lipinski definition) is 3. The average Bonchev–Trinajstić information content (AvgIpc) is 3.00. The number of benzene rings is 2. The first-order chi connectivity index (χ1) is 13.0. The molecule has 0 aliphatic heterocycles. The number of rotatable bonds is 4. The number of hydrogen-bond donors (Lipinski definition) is 1. The minimum atomic E-state index is -4.10. The molecule has 3 aromatic rings. The van der Waals surface area contributed by atoms with Crippen molar-refractivity contribution in [2.45, 2.75) is 11.3 Å². The van der Waals surface area contributed by atoms with Crippen LogP contribution in [0.3, 0.4) is 0 Å². The van der Waals surface area contributed by atoms with Gasteiger partial charge in [0.15, 0.2) is 15.7 Å². The Balaban J connectivity index is 2.29. The van der Waals surface area contributed by atoms with Gasteiger partial charge in [0.25, 0.3) is 6.43 Å². The van der Waals surface area contributed by atoms with Crippen LogP contribution in [-0.4, -0.2) is 24.6 Å². The normalized spacial score (nSPS) is 12.0. The van der Waals surface area contributed by atoms with E-state index in [2.05, 4.69) is 9.97 Å². The monoisotopic (exact) mass is 420 g/mol. The van der Waals surface area contributed by atoms with Gasteiger partial charge in [-0.25, -0.2) is 39.7 Å². The number of H-pyrrole nitrogens is 1. The maximum absolute atomic E-state index is 14.5. The largest absolute Gasteiger partial charge is 0.337 e. The summed E-state index contributed by atoms with van der Waals surface area (Å²) in [6, 6.07) is 2.95. The minimum Gasteiger partial charge on any atom is -0.337 e. The predicted octanol–water partition coefficient (Wildman–Crippen LogP) is 4.64. The Labute approximate surface area is 154 Å². The molecule has 0 radical (unpaired) electrons. The van der Waals surface area contributed by atoms with E-state index in [9.17, 15) is 34.8 Å². The topological polar surface area (TPSA) is 62.8 Å². The molecule has 0 bridgehead atoms. The van der Waals surface area contributed by atoms with Crippen LogP contribution in [0.4, 0.5) is 26.3 Å². The summed E-state index contributed by atoms with van der Waals surface area (Å²) in [5.41, 5.74) is -1.89. The van der Waals surface area contributed by atoms with Crippen molar-refractivity contribution in [1.82, 2.24) is 9.97 Å². The number of aromatic amines is 1. The molecule has 1 N–H and O–H groups in total. The van der Waals surface area contributed by atoms with Crippen LogP contribution in [0, 0.1) is 23.3 Å². The zero-order valence-electron chi connectivity index (χ0n) is 13.9. The summed E-state index contributed by atoms with van der Waals surface area (Å²) in [6.45, 7) is 0. The maximum Gasteiger partial charge on any atom is 0.295 e. The van der Waals surface area contributed by atoms with Crippen LogP contribution in [0.1, 0.15) is 12.2 Å². The van der Waals surface area contributed by atoms with Crippen molar-refractivity contribution in [1.29, 1.82) is 0 Å². The first-order valence-corrected chi connectivity index (χ1v) is 9.40. The van der Waals surface area contributed by atoms with Gasteiger partial charge in [-0.1, -0.05) is 0 Å². The van der Waals surface area contributed by atoms with Gasteiger partial charge in [-0.2, -0.15) is 0 Å². The molecule has 0 spiro atoms. The molecule has 0 atom stereocenters. The van der Waals surface area contributed by atoms with Gasteiger partial charge in [-0.15, -0.1) is 0 Å². The lowest BCUT2D eigenvalue weighted by molar-refractivity contribution is 0.141. The smallest absolute Gasteiger partial charge is 0.295 e. The second kappa shape index (κ2) is 6.97. The lowest BCUT2D eigenvalue weighted by Gasteiger charge is -2.08. The molecule has 0 saturated carbocycles. The van der Waals surface area contributed by atoms with E-state index in [1.807, 2.05) is 0 Å². The molecule has 148 valence electrons. The van der Waals surface area contributed by atoms with Gasteiger partial charge in [0.05, 0.1) is 11.4 Å². The number of sulfone groups is 1. The lowest BCUT2D eigenvalue weighted by Crippen LogP contribution is -2.03. The third-order valence-electron chi connectivity index (χ3n) is 3.76. The van der Waals surface area contributed by atoms with E-state index in [4.69, 9.17) is 0 Å². The third-order valence-corrected chi connectivity index (χ3v) is 4.87. The van der Waals surface area contributed by atoms with E-state index >= 15 is 0 Å². The summed E-state index contributed by atoms with van der Waals surface area (Å²) in [5.74, 6) is -5.61. The van der Waals surface area contributed by atoms with E-state index in [1.165, 1.54) is 0 Å². The van der Waals surface area contributed by atoms with Crippen molar-refractivity contribution < 1.29 is 34.8 Å². The molecule has 11 heteroatoms. The van der Waals surface area contributed by atoms with Crippen molar-refractivity contribution in [2.24, 2.45) is 0 Å². The number of nitrogens with zero attached hydrogens (tertiary/aromatic N) is 1. The van der Waals surface area contributed by atoms with Gasteiger partial charge in [-0.3, -0.25) is 0 Å². The number of nitrogens with one attached hydrogen (secondary N) is 1. The van der Waals surface area contributed by atoms with Crippen LogP contribution in [0.2, 0.25) is 0 Å². The van der Waals surface area contributed by atoms with Crippen LogP contribution < -0.4 is 0 Å². The lowest BCUT2D eigenvalue weighted by atomic mass is 10.0. The Morgan fingerprint density at radius 3 is 2.07 bits per heavy atom. The molecule has 2 aromatic carbocycles. The highest BCUT2D eigenvalue weighted by atomic mass is 32.2. The van der Waals surface area contributed by atoms with Gasteiger partial charge >= 0.3 is 0 Å². The molecule has 1 heterocycles. The highest BCUT2D eigenvalue weighted by Gasteiger charge is 2.25. The van der Waals surface area contributed by atoms with E-state index in [-0.39, 0.29) is 5.56 Å². The van der Waals surface area contributed by atoms with Crippen LogP contribution in [0.5, 0.6) is 0 Å². The Morgan fingerprint density at radius 1 is 0.929 bits per heavy atom. The molecule has 0 aliphatic rings. The molecule has 0 aliphatic carbocycles. The van der Waals surface area contributed by atoms with E-state index in [0.29, 0.717) is 24.5 Å². The fraction of sp³-hybridized carbons (Fsp3) is 0.118. The molecule has 1 aromatic heterocycles. The number of aromatic nitrogens is 2. The second-order valence-corrected chi connectivity index (χ2v) is 7.82. The molecule has 28 heavy (non-hydrogen) atoms. The molecule has 3 rings (SSSR count). The first-order valence-electron chi connectivity index (χ1n) is 7.51. The van der Waals surface area contributed by atoms with Gasteiger partial charge in [0.2, 0.25) is 0 Å². The van der Waals surface area contributed by atoms with Gasteiger partial charge in [0.1, 0.15) is 28.2 Å². The summed E-state index contributed by atoms with van der Waals surface area (Å²) >= 11 is 0. The minimum absolute atomic E-state index is 0.303. The molecule has 4 nitrogen and oxygen atoms in total. The van der Waals surface area contributed by atoms with E-state index in [1.54, 1.807) is 0 Å². The quantitative estimate of drug-likeness (QED) is 0.626. The van der Waals surface area contributed by atoms with Crippen molar-refractivity contribution in [3.8, 4) is 22.5 Å². The third kappa shape index (κ3) is 3.75. The molecule has 0 fully saturated rings. The molecule has 0 unspecified atom stereocenters. The van der Waals surface area contributed by atoms with Crippen LogP contribution >= 0.6 is 0 Å². The number of alkyl halides is 2. The zero-order valence-corrected chi connectivity index (χ0v) is 14.7. The predicted molar refractivity (Wildman–Crippen MR) is 87.4 cm³/mol. The Kier molecular flexibility index (Phi) is 4.96. The Bertz CT molecular complexity index is 1150. The summed E-state index contributed by atoms with van der Waals surface area (Å²) in [6.07, 6.45) is -2.48. The second-order valence-electron chi connectivity index (χ2n) is 5.84. The average molecular weight is 420 g/mol. The van der Waals surface area contributed by atoms with E-state index < -0.39 is 67.2 Å². The summed E-state index contributed by atoms with van der Waals surface area (Å²) < 4.78 is 105. The van der Waals surface area contributed by atoms with Crippen molar-refractivity contribution in [2.75, 3.05) is 6.26 Å². The fourth-order valence-corrected chi connectivity index (χ4v) is 3.32. The fourth-order valence-electron chi connectivity index (χ4n) is 2.59. The van der Waals surface area contributed by atoms with E-state index in [0.717, 1.165) is 12.1 Å². The first kappa shape index (κ1) is 19.9. The number of imidazole rings is 1. The Hall–Kier alpha value is -2.82. The SMILES string of the molecule is CS(=O)(=O)c1cc(F)c(-c2[nH]c(C(F)F)nc2-c2cc(F)cc(F)c2)cc1F. The highest BCUT2D eigenvalue weighted by molar-refractivity contribution is 7.90. The van der Waals surface area contributed by atoms with Crippen LogP contribution in [-0.2, 0) is 9.84 Å². The van der Waals surface area contributed by atoms with Crippen LogP contribution in [0.15, 0.2) is 35.2 Å². The summed E-state index contributed by atoms with van der Waals surface area (Å²) in [7, 11) is -4.10. The van der Waals surface area contributed by atoms with Crippen molar-refractivity contribution >= 4 is 9.84 Å². The number of halogens is 6. The van der Waals surface area contributed by atoms with Crippen molar-refractivity contribution in [3.63, 3.8) is 0 Å². The molecule has 0 saturated heterocycles. The summed E-state index contributed by atoms with van der Waals surface area (Å²) in [5, 5.41) is 0. The summed E-state index contributed by atoms with van der Waals surface area (Å²) in [4.78, 5) is 4.70.